The van der Waals surface area contributed by atoms with Crippen molar-refractivity contribution in [3.8, 4) is 0 Å². The number of carbonyl (C=O) groups excluding carboxylic acids is 1. The molecule has 20 heavy (non-hydrogen) atoms. The summed E-state index contributed by atoms with van der Waals surface area (Å²) in [5.41, 5.74) is 0.818. The summed E-state index contributed by atoms with van der Waals surface area (Å²) in [5, 5.41) is 0. The van der Waals surface area contributed by atoms with Gasteiger partial charge in [0.2, 0.25) is 0 Å². The highest BCUT2D eigenvalue weighted by atomic mass is 16.6. The Balaban J connectivity index is 1.94. The zero-order chi connectivity index (χ0) is 14.5. The van der Waals surface area contributed by atoms with Gasteiger partial charge in [-0.2, -0.15) is 0 Å². The van der Waals surface area contributed by atoms with E-state index in [0.29, 0.717) is 16.9 Å². The Bertz CT molecular complexity index is 441. The van der Waals surface area contributed by atoms with E-state index < -0.39 is 0 Å². The largest absolute Gasteiger partial charge is 0.455 e. The van der Waals surface area contributed by atoms with E-state index in [4.69, 9.17) is 4.74 Å². The second-order valence-electron chi connectivity index (χ2n) is 7.75. The van der Waals surface area contributed by atoms with E-state index in [0.717, 1.165) is 31.1 Å². The molecule has 0 radical (unpaired) electrons. The van der Waals surface area contributed by atoms with Gasteiger partial charge in [0.15, 0.2) is 0 Å². The molecule has 5 atom stereocenters. The first kappa shape index (κ1) is 14.2. The van der Waals surface area contributed by atoms with Crippen molar-refractivity contribution in [3.05, 3.63) is 12.2 Å². The fourth-order valence-corrected chi connectivity index (χ4v) is 5.90. The van der Waals surface area contributed by atoms with E-state index in [9.17, 15) is 4.79 Å². The smallest absolute Gasteiger partial charge is 0.333 e. The molecule has 0 N–H and O–H groups in total. The summed E-state index contributed by atoms with van der Waals surface area (Å²) in [4.78, 5) is 12.2. The number of carbonyl (C=O) groups is 1. The summed E-state index contributed by atoms with van der Waals surface area (Å²) >= 11 is 0. The van der Waals surface area contributed by atoms with Crippen molar-refractivity contribution in [2.45, 2.75) is 71.3 Å². The van der Waals surface area contributed by atoms with Crippen LogP contribution in [0.15, 0.2) is 12.2 Å². The van der Waals surface area contributed by atoms with E-state index >= 15 is 0 Å². The molecule has 0 heterocycles. The van der Waals surface area contributed by atoms with Crippen LogP contribution in [0.1, 0.15) is 65.7 Å². The molecule has 4 fully saturated rings. The fourth-order valence-electron chi connectivity index (χ4n) is 5.90. The third-order valence-corrected chi connectivity index (χ3v) is 6.44. The van der Waals surface area contributed by atoms with E-state index in [2.05, 4.69) is 20.4 Å². The second kappa shape index (κ2) is 4.61. The van der Waals surface area contributed by atoms with Crippen molar-refractivity contribution in [3.63, 3.8) is 0 Å². The van der Waals surface area contributed by atoms with E-state index in [1.807, 2.05) is 0 Å². The minimum atomic E-state index is -0.176. The summed E-state index contributed by atoms with van der Waals surface area (Å²) in [5.74, 6) is 1.96. The topological polar surface area (TPSA) is 26.3 Å². The minimum absolute atomic E-state index is 0.170. The molecule has 0 spiro atoms. The standard InChI is InChI=1S/C18H28O2/c1-5-15-14-7-13-8-17(6-2,10-14)11-18(15,9-13)20-16(19)12(3)4/h13-15H,3,5-11H2,1-2,4H3. The molecule has 4 aliphatic rings. The Morgan fingerprint density at radius 3 is 2.65 bits per heavy atom. The van der Waals surface area contributed by atoms with Crippen molar-refractivity contribution in [2.75, 3.05) is 0 Å². The van der Waals surface area contributed by atoms with Crippen molar-refractivity contribution in [1.29, 1.82) is 0 Å². The summed E-state index contributed by atoms with van der Waals surface area (Å²) in [6, 6.07) is 0. The van der Waals surface area contributed by atoms with Gasteiger partial charge in [-0.1, -0.05) is 26.8 Å². The average Bonchev–Trinajstić information content (AvgIpc) is 2.37. The van der Waals surface area contributed by atoms with Crippen LogP contribution in [-0.2, 0) is 9.53 Å². The quantitative estimate of drug-likeness (QED) is 0.558. The lowest BCUT2D eigenvalue weighted by molar-refractivity contribution is -0.225. The molecular weight excluding hydrogens is 248 g/mol. The van der Waals surface area contributed by atoms with Gasteiger partial charge >= 0.3 is 5.97 Å². The molecule has 4 rings (SSSR count). The van der Waals surface area contributed by atoms with Crippen LogP contribution in [0.5, 0.6) is 0 Å². The Labute approximate surface area is 123 Å². The Morgan fingerprint density at radius 2 is 2.05 bits per heavy atom. The maximum absolute atomic E-state index is 12.2. The normalized spacial score (nSPS) is 45.5. The molecule has 2 nitrogen and oxygen atoms in total. The van der Waals surface area contributed by atoms with Gasteiger partial charge in [-0.05, 0) is 62.7 Å². The van der Waals surface area contributed by atoms with Gasteiger partial charge in [0.1, 0.15) is 5.60 Å². The van der Waals surface area contributed by atoms with Crippen LogP contribution in [0, 0.1) is 23.2 Å². The van der Waals surface area contributed by atoms with Crippen LogP contribution in [0.2, 0.25) is 0 Å². The number of esters is 1. The number of ether oxygens (including phenoxy) is 1. The van der Waals surface area contributed by atoms with Gasteiger partial charge in [-0.3, -0.25) is 0 Å². The Morgan fingerprint density at radius 1 is 1.30 bits per heavy atom. The van der Waals surface area contributed by atoms with Gasteiger partial charge < -0.3 is 4.74 Å². The first-order chi connectivity index (χ1) is 9.43. The molecule has 0 aromatic carbocycles. The summed E-state index contributed by atoms with van der Waals surface area (Å²) < 4.78 is 6.10. The van der Waals surface area contributed by atoms with Crippen molar-refractivity contribution < 1.29 is 9.53 Å². The van der Waals surface area contributed by atoms with Crippen molar-refractivity contribution in [2.24, 2.45) is 23.2 Å². The molecule has 0 amide bonds. The van der Waals surface area contributed by atoms with Crippen LogP contribution in [0.4, 0.5) is 0 Å². The van der Waals surface area contributed by atoms with Crippen LogP contribution < -0.4 is 0 Å². The number of hydrogen-bond donors (Lipinski definition) is 0. The lowest BCUT2D eigenvalue weighted by Gasteiger charge is -2.64. The Kier molecular flexibility index (Phi) is 3.26. The van der Waals surface area contributed by atoms with Crippen molar-refractivity contribution in [1.82, 2.24) is 0 Å². The summed E-state index contributed by atoms with van der Waals surface area (Å²) in [6.07, 6.45) is 8.67. The molecular formula is C18H28O2. The molecule has 2 heteroatoms. The van der Waals surface area contributed by atoms with Gasteiger partial charge in [0.25, 0.3) is 0 Å². The van der Waals surface area contributed by atoms with Crippen LogP contribution in [0.25, 0.3) is 0 Å². The molecule has 0 aromatic rings. The highest BCUT2D eigenvalue weighted by molar-refractivity contribution is 5.87. The number of hydrogen-bond acceptors (Lipinski definition) is 2. The predicted octanol–water partition coefficient (Wildman–Crippen LogP) is 4.49. The summed E-state index contributed by atoms with van der Waals surface area (Å²) in [6.45, 7) is 10.1. The molecule has 4 bridgehead atoms. The molecule has 4 saturated carbocycles. The van der Waals surface area contributed by atoms with Crippen LogP contribution in [-0.4, -0.2) is 11.6 Å². The van der Waals surface area contributed by atoms with Gasteiger partial charge in [-0.25, -0.2) is 4.79 Å². The maximum atomic E-state index is 12.2. The molecule has 5 unspecified atom stereocenters. The molecule has 0 saturated heterocycles. The van der Waals surface area contributed by atoms with Crippen LogP contribution in [0.3, 0.4) is 0 Å². The highest BCUT2D eigenvalue weighted by Crippen LogP contribution is 2.66. The number of rotatable bonds is 4. The third-order valence-electron chi connectivity index (χ3n) is 6.44. The lowest BCUT2D eigenvalue weighted by atomic mass is 9.43. The SMILES string of the molecule is C=C(C)C(=O)OC12CC3CC(CC(CC)(C3)C1)C2CC. The maximum Gasteiger partial charge on any atom is 0.333 e. The minimum Gasteiger partial charge on any atom is -0.455 e. The van der Waals surface area contributed by atoms with E-state index in [-0.39, 0.29) is 11.6 Å². The molecule has 0 aliphatic heterocycles. The first-order valence-corrected chi connectivity index (χ1v) is 8.32. The summed E-state index contributed by atoms with van der Waals surface area (Å²) in [7, 11) is 0. The van der Waals surface area contributed by atoms with E-state index in [1.165, 1.54) is 25.7 Å². The van der Waals surface area contributed by atoms with Gasteiger partial charge in [-0.15, -0.1) is 0 Å². The Hall–Kier alpha value is -0.790. The average molecular weight is 276 g/mol. The van der Waals surface area contributed by atoms with Crippen LogP contribution >= 0.6 is 0 Å². The van der Waals surface area contributed by atoms with E-state index in [1.54, 1.807) is 6.92 Å². The zero-order valence-electron chi connectivity index (χ0n) is 13.2. The molecule has 112 valence electrons. The van der Waals surface area contributed by atoms with Gasteiger partial charge in [0, 0.05) is 11.5 Å². The third kappa shape index (κ3) is 1.95. The zero-order valence-corrected chi connectivity index (χ0v) is 13.2. The predicted molar refractivity (Wildman–Crippen MR) is 80.2 cm³/mol. The molecule has 0 aromatic heterocycles. The molecule has 4 aliphatic carbocycles. The van der Waals surface area contributed by atoms with Crippen molar-refractivity contribution >= 4 is 5.97 Å². The first-order valence-electron chi connectivity index (χ1n) is 8.32. The lowest BCUT2D eigenvalue weighted by Crippen LogP contribution is -2.62. The second-order valence-corrected chi connectivity index (χ2v) is 7.75. The fraction of sp³-hybridized carbons (Fsp3) is 0.833. The van der Waals surface area contributed by atoms with Gasteiger partial charge in [0.05, 0.1) is 0 Å². The monoisotopic (exact) mass is 276 g/mol. The highest BCUT2D eigenvalue weighted by Gasteiger charge is 2.63.